The summed E-state index contributed by atoms with van der Waals surface area (Å²) in [5.41, 5.74) is 9.26. The quantitative estimate of drug-likeness (QED) is 0.169. The number of nitrogens with zero attached hydrogens (tertiary/aromatic N) is 1. The van der Waals surface area contributed by atoms with Crippen LogP contribution in [0.5, 0.6) is 0 Å². The lowest BCUT2D eigenvalue weighted by Crippen LogP contribution is -2.21. The number of hydrogen-bond donors (Lipinski definition) is 1. The van der Waals surface area contributed by atoms with E-state index in [1.54, 1.807) is 11.3 Å². The molecule has 4 heteroatoms. The van der Waals surface area contributed by atoms with Crippen molar-refractivity contribution in [1.29, 1.82) is 0 Å². The lowest BCUT2D eigenvalue weighted by atomic mass is 10.0. The van der Waals surface area contributed by atoms with Crippen molar-refractivity contribution in [2.24, 2.45) is 0 Å². The summed E-state index contributed by atoms with van der Waals surface area (Å²) in [6.07, 6.45) is 8.68. The van der Waals surface area contributed by atoms with Gasteiger partial charge in [0.1, 0.15) is 0 Å². The predicted molar refractivity (Wildman–Crippen MR) is 214 cm³/mol. The molecule has 0 saturated carbocycles. The Balaban J connectivity index is 1.19. The minimum Gasteiger partial charge on any atom is -0.355 e. The molecule has 0 radical (unpaired) electrons. The summed E-state index contributed by atoms with van der Waals surface area (Å²) in [4.78, 5) is 1.22. The van der Waals surface area contributed by atoms with Crippen molar-refractivity contribution in [3.8, 4) is 11.1 Å². The molecule has 0 aliphatic carbocycles. The van der Waals surface area contributed by atoms with E-state index in [2.05, 4.69) is 176 Å². The van der Waals surface area contributed by atoms with Gasteiger partial charge in [0.15, 0.2) is 0 Å². The molecule has 0 atom stereocenters. The first-order valence-electron chi connectivity index (χ1n) is 16.3. The summed E-state index contributed by atoms with van der Waals surface area (Å²) in [6, 6.07) is 41.5. The first-order valence-corrected chi connectivity index (χ1v) is 18.0. The molecule has 0 aliphatic rings. The Hall–Kier alpha value is -5.16. The summed E-state index contributed by atoms with van der Waals surface area (Å²) in [5, 5.41) is 11.1. The molecule has 0 fully saturated rings. The van der Waals surface area contributed by atoms with E-state index in [0.29, 0.717) is 0 Å². The third-order valence-electron chi connectivity index (χ3n) is 8.97. The zero-order valence-electron chi connectivity index (χ0n) is 27.3. The van der Waals surface area contributed by atoms with Crippen molar-refractivity contribution in [3.63, 3.8) is 0 Å². The van der Waals surface area contributed by atoms with Crippen molar-refractivity contribution in [2.75, 3.05) is 5.32 Å². The molecular formula is C44H36N2S2. The Kier molecular flexibility index (Phi) is 7.63. The Morgan fingerprint density at radius 2 is 1.40 bits per heavy atom. The van der Waals surface area contributed by atoms with E-state index in [1.165, 1.54) is 63.5 Å². The third-order valence-corrected chi connectivity index (χ3v) is 11.1. The van der Waals surface area contributed by atoms with Crippen LogP contribution >= 0.6 is 22.7 Å². The number of hydrogen-bond acceptors (Lipinski definition) is 3. The molecule has 0 aliphatic heterocycles. The van der Waals surface area contributed by atoms with Gasteiger partial charge in [-0.2, -0.15) is 0 Å². The van der Waals surface area contributed by atoms with E-state index in [1.807, 2.05) is 17.4 Å². The van der Waals surface area contributed by atoms with Crippen molar-refractivity contribution in [2.45, 2.75) is 26.3 Å². The highest BCUT2D eigenvalue weighted by molar-refractivity contribution is 7.20. The van der Waals surface area contributed by atoms with Crippen LogP contribution in [0.2, 0.25) is 0 Å². The monoisotopic (exact) mass is 656 g/mol. The van der Waals surface area contributed by atoms with Crippen LogP contribution in [-0.4, -0.2) is 4.57 Å². The zero-order valence-corrected chi connectivity index (χ0v) is 29.0. The maximum atomic E-state index is 4.22. The molecule has 0 amide bonds. The molecule has 3 aromatic heterocycles. The molecule has 0 unspecified atom stereocenters. The van der Waals surface area contributed by atoms with Crippen LogP contribution in [-0.2, 0) is 5.54 Å². The molecule has 234 valence electrons. The molecule has 0 saturated heterocycles. The maximum Gasteiger partial charge on any atom is 0.0496 e. The number of fused-ring (bicyclic) bond motifs is 5. The van der Waals surface area contributed by atoms with Gasteiger partial charge in [-0.1, -0.05) is 91.5 Å². The number of nitrogens with one attached hydrogen (secondary N) is 1. The van der Waals surface area contributed by atoms with Gasteiger partial charge in [0.2, 0.25) is 0 Å². The fraction of sp³-hybridized carbons (Fsp3) is 0.0909. The average molecular weight is 657 g/mol. The highest BCUT2D eigenvalue weighted by Gasteiger charge is 2.21. The van der Waals surface area contributed by atoms with Crippen LogP contribution in [0.3, 0.4) is 0 Å². The standard InChI is InChI=1S/C44H36N2S2/c1-5-31(27-37-35-17-9-13-21-42(35)48-43(37)25-23-30-28-47-41-20-12-8-15-33(30)41)45-38-18-10-6-14-32(38)29-22-24-40-36(26-29)34-16-7-11-19-39(34)46(40)44(2,3)4/h5-28,45H,1H2,2-4H3/b25-23-,31-27-. The van der Waals surface area contributed by atoms with Crippen LogP contribution in [0, 0.1) is 0 Å². The van der Waals surface area contributed by atoms with Gasteiger partial charge >= 0.3 is 0 Å². The summed E-state index contributed by atoms with van der Waals surface area (Å²) >= 11 is 3.62. The topological polar surface area (TPSA) is 17.0 Å². The van der Waals surface area contributed by atoms with Gasteiger partial charge in [-0.25, -0.2) is 0 Å². The Bertz CT molecular complexity index is 2540. The molecule has 8 aromatic rings. The summed E-state index contributed by atoms with van der Waals surface area (Å²) in [6.45, 7) is 11.0. The van der Waals surface area contributed by atoms with E-state index in [-0.39, 0.29) is 5.54 Å². The Labute approximate surface area is 289 Å². The largest absolute Gasteiger partial charge is 0.355 e. The molecule has 48 heavy (non-hydrogen) atoms. The Morgan fingerprint density at radius 3 is 2.21 bits per heavy atom. The number of allylic oxidation sites excluding steroid dienone is 1. The van der Waals surface area contributed by atoms with E-state index < -0.39 is 0 Å². The molecule has 1 N–H and O–H groups in total. The van der Waals surface area contributed by atoms with E-state index >= 15 is 0 Å². The molecule has 2 nitrogen and oxygen atoms in total. The fourth-order valence-electron chi connectivity index (χ4n) is 6.81. The second-order valence-electron chi connectivity index (χ2n) is 13.1. The summed E-state index contributed by atoms with van der Waals surface area (Å²) in [5.74, 6) is 0. The molecular weight excluding hydrogens is 621 g/mol. The van der Waals surface area contributed by atoms with Crippen LogP contribution in [0.4, 0.5) is 5.69 Å². The lowest BCUT2D eigenvalue weighted by Gasteiger charge is -2.24. The van der Waals surface area contributed by atoms with E-state index in [0.717, 1.165) is 16.9 Å². The van der Waals surface area contributed by atoms with Crippen molar-refractivity contribution in [3.05, 3.63) is 155 Å². The van der Waals surface area contributed by atoms with Gasteiger partial charge in [0, 0.05) is 69.5 Å². The third kappa shape index (κ3) is 5.37. The number of thiophene rings is 2. The van der Waals surface area contributed by atoms with Crippen molar-refractivity contribution >= 4 is 88.6 Å². The molecule has 8 rings (SSSR count). The smallest absolute Gasteiger partial charge is 0.0496 e. The molecule has 0 bridgehead atoms. The number of para-hydroxylation sites is 2. The normalized spacial score (nSPS) is 12.6. The number of rotatable bonds is 7. The number of benzene rings is 5. The van der Waals surface area contributed by atoms with Crippen LogP contribution in [0.15, 0.2) is 139 Å². The van der Waals surface area contributed by atoms with Crippen LogP contribution in [0.1, 0.15) is 36.8 Å². The van der Waals surface area contributed by atoms with Gasteiger partial charge in [0.25, 0.3) is 0 Å². The fourth-order valence-corrected chi connectivity index (χ4v) is 8.83. The first-order chi connectivity index (χ1) is 23.4. The van der Waals surface area contributed by atoms with Crippen molar-refractivity contribution < 1.29 is 0 Å². The minimum atomic E-state index is -0.0383. The van der Waals surface area contributed by atoms with E-state index in [4.69, 9.17) is 0 Å². The second kappa shape index (κ2) is 12.1. The van der Waals surface area contributed by atoms with Gasteiger partial charge < -0.3 is 9.88 Å². The van der Waals surface area contributed by atoms with Gasteiger partial charge in [0.05, 0.1) is 0 Å². The van der Waals surface area contributed by atoms with Gasteiger partial charge in [-0.3, -0.25) is 0 Å². The van der Waals surface area contributed by atoms with Crippen LogP contribution < -0.4 is 5.32 Å². The molecule has 0 spiro atoms. The number of aromatic nitrogens is 1. The molecule has 3 heterocycles. The highest BCUT2D eigenvalue weighted by Crippen LogP contribution is 2.39. The summed E-state index contributed by atoms with van der Waals surface area (Å²) < 4.78 is 5.04. The zero-order chi connectivity index (χ0) is 32.8. The average Bonchev–Trinajstić information content (AvgIpc) is 3.78. The SMILES string of the molecule is C=C/C(=C/c1c(/C=C\c2csc3ccccc23)sc2ccccc12)Nc1ccccc1-c1ccc2c(c1)c1ccccc1n2C(C)(C)C. The lowest BCUT2D eigenvalue weighted by molar-refractivity contribution is 0.423. The minimum absolute atomic E-state index is 0.0383. The number of anilines is 1. The first kappa shape index (κ1) is 30.2. The predicted octanol–water partition coefficient (Wildman–Crippen LogP) is 13.5. The van der Waals surface area contributed by atoms with Crippen LogP contribution in [0.25, 0.3) is 71.3 Å². The van der Waals surface area contributed by atoms with Gasteiger partial charge in [-0.05, 0) is 97.3 Å². The highest BCUT2D eigenvalue weighted by atomic mass is 32.1. The van der Waals surface area contributed by atoms with E-state index in [9.17, 15) is 0 Å². The van der Waals surface area contributed by atoms with Gasteiger partial charge in [-0.15, -0.1) is 22.7 Å². The summed E-state index contributed by atoms with van der Waals surface area (Å²) in [7, 11) is 0. The maximum absolute atomic E-state index is 4.22. The second-order valence-corrected chi connectivity index (χ2v) is 15.1. The van der Waals surface area contributed by atoms with Crippen molar-refractivity contribution in [1.82, 2.24) is 4.57 Å². The molecule has 5 aromatic carbocycles. The Morgan fingerprint density at radius 1 is 0.708 bits per heavy atom.